The van der Waals surface area contributed by atoms with Crippen molar-refractivity contribution >= 4 is 16.5 Å². The van der Waals surface area contributed by atoms with Gasteiger partial charge in [-0.05, 0) is 54.5 Å². The van der Waals surface area contributed by atoms with Crippen molar-refractivity contribution in [3.8, 4) is 5.75 Å². The number of phenols is 1. The Balaban J connectivity index is 1.33. The molecule has 1 aromatic heterocycles. The molecule has 4 rings (SSSR count). The molecule has 146 valence electrons. The maximum Gasteiger partial charge on any atom is 0.117 e. The molecular formula is C24H28N2O2. The van der Waals surface area contributed by atoms with E-state index in [1.807, 2.05) is 6.07 Å². The fraction of sp³-hybridized carbons (Fsp3) is 0.333. The minimum absolute atomic E-state index is 0.000185. The van der Waals surface area contributed by atoms with Crippen molar-refractivity contribution < 1.29 is 10.2 Å². The summed E-state index contributed by atoms with van der Waals surface area (Å²) in [6.45, 7) is 0.940. The van der Waals surface area contributed by atoms with Crippen molar-refractivity contribution in [1.82, 2.24) is 10.3 Å². The van der Waals surface area contributed by atoms with Crippen molar-refractivity contribution in [2.24, 2.45) is 0 Å². The summed E-state index contributed by atoms with van der Waals surface area (Å²) in [6, 6.07) is 16.6. The molecule has 0 spiro atoms. The van der Waals surface area contributed by atoms with Gasteiger partial charge in [0.05, 0.1) is 6.61 Å². The molecule has 1 aliphatic heterocycles. The fourth-order valence-corrected chi connectivity index (χ4v) is 4.27. The summed E-state index contributed by atoms with van der Waals surface area (Å²) in [5, 5.41) is 24.1. The Morgan fingerprint density at radius 2 is 1.89 bits per heavy atom. The number of aryl methyl sites for hydroxylation is 1. The predicted octanol–water partition coefficient (Wildman–Crippen LogP) is 4.52. The summed E-state index contributed by atoms with van der Waals surface area (Å²) in [5.41, 5.74) is 5.72. The number of H-pyrrole nitrogens is 1. The summed E-state index contributed by atoms with van der Waals surface area (Å²) in [7, 11) is 0. The van der Waals surface area contributed by atoms with E-state index in [1.165, 1.54) is 16.7 Å². The second-order valence-electron chi connectivity index (χ2n) is 7.62. The third-order valence-electron chi connectivity index (χ3n) is 5.73. The Kier molecular flexibility index (Phi) is 5.79. The van der Waals surface area contributed by atoms with Crippen LogP contribution in [0.1, 0.15) is 42.5 Å². The first-order chi connectivity index (χ1) is 13.7. The Labute approximate surface area is 165 Å². The van der Waals surface area contributed by atoms with Crippen molar-refractivity contribution in [3.05, 3.63) is 71.4 Å². The van der Waals surface area contributed by atoms with E-state index < -0.39 is 0 Å². The van der Waals surface area contributed by atoms with Gasteiger partial charge in [-0.1, -0.05) is 42.8 Å². The number of hydrogen-bond donors (Lipinski definition) is 4. The highest BCUT2D eigenvalue weighted by Gasteiger charge is 2.16. The molecule has 0 saturated carbocycles. The lowest BCUT2D eigenvalue weighted by Gasteiger charge is -2.24. The van der Waals surface area contributed by atoms with Crippen molar-refractivity contribution in [1.29, 1.82) is 0 Å². The number of fused-ring (bicyclic) bond motifs is 1. The maximum absolute atomic E-state index is 9.68. The monoisotopic (exact) mass is 376 g/mol. The van der Waals surface area contributed by atoms with Crippen LogP contribution in [0.3, 0.4) is 0 Å². The summed E-state index contributed by atoms with van der Waals surface area (Å²) in [4.78, 5) is 3.24. The van der Waals surface area contributed by atoms with Gasteiger partial charge in [-0.15, -0.1) is 0 Å². The molecule has 1 unspecified atom stereocenters. The van der Waals surface area contributed by atoms with Gasteiger partial charge >= 0.3 is 0 Å². The normalized spacial score (nSPS) is 17.0. The largest absolute Gasteiger partial charge is 0.508 e. The molecule has 4 heteroatoms. The van der Waals surface area contributed by atoms with Crippen LogP contribution < -0.4 is 5.32 Å². The zero-order valence-corrected chi connectivity index (χ0v) is 16.1. The van der Waals surface area contributed by atoms with Gasteiger partial charge < -0.3 is 20.5 Å². The number of aromatic nitrogens is 1. The van der Waals surface area contributed by atoms with E-state index in [1.54, 1.807) is 12.1 Å². The Bertz CT molecular complexity index is 959. The molecule has 0 fully saturated rings. The average molecular weight is 376 g/mol. The number of benzene rings is 2. The van der Waals surface area contributed by atoms with E-state index >= 15 is 0 Å². The number of aromatic amines is 1. The van der Waals surface area contributed by atoms with Gasteiger partial charge in [-0.3, -0.25) is 0 Å². The zero-order valence-electron chi connectivity index (χ0n) is 16.1. The lowest BCUT2D eigenvalue weighted by molar-refractivity contribution is 0.276. The van der Waals surface area contributed by atoms with E-state index in [9.17, 15) is 10.2 Å². The van der Waals surface area contributed by atoms with Crippen LogP contribution in [0.2, 0.25) is 0 Å². The smallest absolute Gasteiger partial charge is 0.117 e. The van der Waals surface area contributed by atoms with Crippen LogP contribution in [-0.2, 0) is 13.0 Å². The van der Waals surface area contributed by atoms with Crippen LogP contribution >= 0.6 is 0 Å². The first-order valence-corrected chi connectivity index (χ1v) is 10.2. The van der Waals surface area contributed by atoms with Gasteiger partial charge in [0.15, 0.2) is 0 Å². The Morgan fingerprint density at radius 1 is 1.04 bits per heavy atom. The molecule has 0 radical (unpaired) electrons. The van der Waals surface area contributed by atoms with Crippen LogP contribution in [0.4, 0.5) is 0 Å². The van der Waals surface area contributed by atoms with E-state index in [4.69, 9.17) is 0 Å². The number of rotatable bonds is 7. The lowest BCUT2D eigenvalue weighted by Crippen LogP contribution is -2.32. The first-order valence-electron chi connectivity index (χ1n) is 10.2. The van der Waals surface area contributed by atoms with Crippen LogP contribution in [0.15, 0.2) is 54.6 Å². The van der Waals surface area contributed by atoms with E-state index in [0.717, 1.165) is 55.2 Å². The minimum atomic E-state index is 0.000185. The molecular weight excluding hydrogens is 348 g/mol. The molecule has 28 heavy (non-hydrogen) atoms. The minimum Gasteiger partial charge on any atom is -0.508 e. The average Bonchev–Trinajstić information content (AvgIpc) is 3.08. The van der Waals surface area contributed by atoms with E-state index in [2.05, 4.69) is 46.7 Å². The van der Waals surface area contributed by atoms with Crippen LogP contribution in [0, 0.1) is 0 Å². The van der Waals surface area contributed by atoms with Crippen molar-refractivity contribution in [3.63, 3.8) is 0 Å². The first kappa shape index (κ1) is 18.8. The lowest BCUT2D eigenvalue weighted by atomic mass is 9.92. The Morgan fingerprint density at radius 3 is 2.71 bits per heavy atom. The van der Waals surface area contributed by atoms with E-state index in [-0.39, 0.29) is 12.4 Å². The third kappa shape index (κ3) is 4.13. The molecule has 1 aliphatic rings. The van der Waals surface area contributed by atoms with Gasteiger partial charge in [-0.2, -0.15) is 0 Å². The van der Waals surface area contributed by atoms with Crippen LogP contribution in [0.25, 0.3) is 16.5 Å². The van der Waals surface area contributed by atoms with Crippen LogP contribution in [0.5, 0.6) is 5.75 Å². The van der Waals surface area contributed by atoms with Crippen LogP contribution in [-0.4, -0.2) is 27.8 Å². The highest BCUT2D eigenvalue weighted by molar-refractivity contribution is 5.85. The van der Waals surface area contributed by atoms with Gasteiger partial charge in [0.25, 0.3) is 0 Å². The highest BCUT2D eigenvalue weighted by Crippen LogP contribution is 2.28. The van der Waals surface area contributed by atoms with Gasteiger partial charge in [0, 0.05) is 35.2 Å². The summed E-state index contributed by atoms with van der Waals surface area (Å²) >= 11 is 0. The topological polar surface area (TPSA) is 68.3 Å². The molecule has 0 bridgehead atoms. The molecule has 2 heterocycles. The van der Waals surface area contributed by atoms with E-state index in [0.29, 0.717) is 6.04 Å². The second kappa shape index (κ2) is 8.63. The summed E-state index contributed by atoms with van der Waals surface area (Å²) in [6.07, 6.45) is 7.72. The highest BCUT2D eigenvalue weighted by atomic mass is 16.3. The number of aliphatic hydroxyl groups is 1. The second-order valence-corrected chi connectivity index (χ2v) is 7.62. The van der Waals surface area contributed by atoms with Gasteiger partial charge in [0.2, 0.25) is 0 Å². The molecule has 3 aromatic rings. The molecule has 1 atom stereocenters. The number of aromatic hydroxyl groups is 1. The van der Waals surface area contributed by atoms with Crippen molar-refractivity contribution in [2.45, 2.75) is 44.8 Å². The van der Waals surface area contributed by atoms with Crippen molar-refractivity contribution in [2.75, 3.05) is 6.54 Å². The predicted molar refractivity (Wildman–Crippen MR) is 114 cm³/mol. The number of nitrogens with one attached hydrogen (secondary N) is 2. The van der Waals surface area contributed by atoms with Gasteiger partial charge in [-0.25, -0.2) is 0 Å². The standard InChI is InChI=1S/C24H28N2O2/c27-16-24-21(22-11-10-20(28)15-23(22)26-24)9-5-4-8-19-14-18(12-13-25-19)17-6-2-1-3-7-17/h1-3,6-7,10-12,15,19,25-28H,4-5,8-9,13-14,16H2. The molecule has 0 saturated heterocycles. The SMILES string of the molecule is OCc1[nH]c2cc(O)ccc2c1CCCCC1CC(c2ccccc2)=CCN1. The molecule has 0 amide bonds. The third-order valence-corrected chi connectivity index (χ3v) is 5.73. The Hall–Kier alpha value is -2.56. The molecule has 0 aliphatic carbocycles. The molecule has 4 N–H and O–H groups in total. The number of hydrogen-bond acceptors (Lipinski definition) is 3. The fourth-order valence-electron chi connectivity index (χ4n) is 4.27. The molecule has 2 aromatic carbocycles. The van der Waals surface area contributed by atoms with Gasteiger partial charge in [0.1, 0.15) is 5.75 Å². The summed E-state index contributed by atoms with van der Waals surface area (Å²) in [5.74, 6) is 0.246. The quantitative estimate of drug-likeness (QED) is 0.458. The summed E-state index contributed by atoms with van der Waals surface area (Å²) < 4.78 is 0. The zero-order chi connectivity index (χ0) is 19.3. The number of phenolic OH excluding ortho intramolecular Hbond substituents is 1. The molecule has 4 nitrogen and oxygen atoms in total. The number of unbranched alkanes of at least 4 members (excludes halogenated alkanes) is 1. The maximum atomic E-state index is 9.68. The number of aliphatic hydroxyl groups excluding tert-OH is 1.